The number of nitrogens with two attached hydrogens (primary N) is 2. The molecule has 1 spiro atoms. The molecule has 0 radical (unpaired) electrons. The largest absolute Gasteiger partial charge is 0.613 e. The summed E-state index contributed by atoms with van der Waals surface area (Å²) in [5.74, 6) is 1.39. The second-order valence-electron chi connectivity index (χ2n) is 10.1. The van der Waals surface area contributed by atoms with E-state index in [1.54, 1.807) is 23.7 Å². The first-order chi connectivity index (χ1) is 17.0. The number of aryl methyl sites for hydroxylation is 1. The highest BCUT2D eigenvalue weighted by Gasteiger charge is 2.50. The second kappa shape index (κ2) is 8.70. The minimum Gasteiger partial charge on any atom is -0.613 e. The average Bonchev–Trinajstić information content (AvgIpc) is 3.31. The van der Waals surface area contributed by atoms with Gasteiger partial charge in [-0.15, -0.1) is 11.3 Å². The van der Waals surface area contributed by atoms with Gasteiger partial charge < -0.3 is 21.0 Å². The van der Waals surface area contributed by atoms with Gasteiger partial charge in [-0.1, -0.05) is 0 Å². The van der Waals surface area contributed by atoms with Crippen molar-refractivity contribution in [3.63, 3.8) is 0 Å². The van der Waals surface area contributed by atoms with E-state index in [4.69, 9.17) is 15.9 Å². The molecule has 3 aromatic rings. The number of fused-ring (bicyclic) bond motifs is 3. The predicted octanol–water partition coefficient (Wildman–Crippen LogP) is 1.23. The molecular formula is C25H32N7O2S+. The predicted molar refractivity (Wildman–Crippen MR) is 138 cm³/mol. The zero-order valence-electron chi connectivity index (χ0n) is 20.0. The average molecular weight is 495 g/mol. The highest BCUT2D eigenvalue weighted by molar-refractivity contribution is 7.19. The summed E-state index contributed by atoms with van der Waals surface area (Å²) in [5, 5.41) is 26.0. The quantitative estimate of drug-likeness (QED) is 0.221. The number of hydrogen-bond acceptors (Lipinski definition) is 8. The van der Waals surface area contributed by atoms with Gasteiger partial charge in [0.2, 0.25) is 0 Å². The summed E-state index contributed by atoms with van der Waals surface area (Å²) in [6.45, 7) is 4.35. The molecule has 3 aliphatic rings. The number of quaternary nitrogens is 1. The fourth-order valence-electron chi connectivity index (χ4n) is 5.64. The molecule has 1 aliphatic heterocycles. The van der Waals surface area contributed by atoms with Crippen LogP contribution in [0, 0.1) is 10.6 Å². The van der Waals surface area contributed by atoms with Crippen LogP contribution < -0.4 is 26.4 Å². The topological polar surface area (TPSA) is 129 Å². The normalized spacial score (nSPS) is 21.7. The Kier molecular flexibility index (Phi) is 5.63. The minimum absolute atomic E-state index is 0.0677. The molecule has 0 amide bonds. The van der Waals surface area contributed by atoms with Crippen LogP contribution in [0.2, 0.25) is 0 Å². The number of benzene rings is 1. The smallest absolute Gasteiger partial charge is 0.169 e. The Morgan fingerprint density at radius 1 is 1.37 bits per heavy atom. The van der Waals surface area contributed by atoms with E-state index in [1.807, 2.05) is 13.0 Å². The van der Waals surface area contributed by atoms with Crippen LogP contribution in [0.15, 0.2) is 18.5 Å². The molecule has 0 bridgehead atoms. The molecule has 6 N–H and O–H groups in total. The molecule has 6 rings (SSSR count). The van der Waals surface area contributed by atoms with E-state index < -0.39 is 0 Å². The summed E-state index contributed by atoms with van der Waals surface area (Å²) in [6, 6.07) is 3.73. The molecule has 2 aliphatic carbocycles. The Morgan fingerprint density at radius 2 is 2.23 bits per heavy atom. The summed E-state index contributed by atoms with van der Waals surface area (Å²) in [6.07, 6.45) is 9.35. The molecule has 1 aromatic carbocycles. The fourth-order valence-corrected chi connectivity index (χ4v) is 6.91. The van der Waals surface area contributed by atoms with Crippen molar-refractivity contribution >= 4 is 45.0 Å². The first-order valence-electron chi connectivity index (χ1n) is 12.4. The molecular weight excluding hydrogens is 462 g/mol. The fraction of sp³-hybridized carbons (Fsp3) is 0.480. The molecule has 2 atom stereocenters. The first-order valence-corrected chi connectivity index (χ1v) is 13.2. The van der Waals surface area contributed by atoms with Crippen molar-refractivity contribution in [2.45, 2.75) is 51.5 Å². The molecule has 2 fully saturated rings. The summed E-state index contributed by atoms with van der Waals surface area (Å²) >= 11 is 1.69. The van der Waals surface area contributed by atoms with Crippen molar-refractivity contribution in [1.29, 1.82) is 0 Å². The molecule has 184 valence electrons. The number of rotatable bonds is 7. The highest BCUT2D eigenvalue weighted by atomic mass is 32.1. The summed E-state index contributed by atoms with van der Waals surface area (Å²) in [5.41, 5.74) is 9.88. The lowest BCUT2D eigenvalue weighted by molar-refractivity contribution is -0.993. The summed E-state index contributed by atoms with van der Waals surface area (Å²) in [7, 11) is 0. The minimum atomic E-state index is 0.0677. The number of nitrogen functional groups attached to an aromatic ring is 1. The van der Waals surface area contributed by atoms with Crippen LogP contribution in [0.1, 0.15) is 48.6 Å². The van der Waals surface area contributed by atoms with Gasteiger partial charge in [0.1, 0.15) is 28.8 Å². The van der Waals surface area contributed by atoms with Crippen molar-refractivity contribution in [2.24, 2.45) is 5.41 Å². The third kappa shape index (κ3) is 4.04. The second-order valence-corrected chi connectivity index (χ2v) is 11.1. The molecule has 35 heavy (non-hydrogen) atoms. The Hall–Kier alpha value is -2.79. The van der Waals surface area contributed by atoms with Crippen molar-refractivity contribution in [3.8, 4) is 5.75 Å². The highest BCUT2D eigenvalue weighted by Crippen LogP contribution is 2.52. The van der Waals surface area contributed by atoms with Gasteiger partial charge in [0.05, 0.1) is 29.8 Å². The molecule has 1 saturated carbocycles. The van der Waals surface area contributed by atoms with Crippen LogP contribution >= 0.6 is 11.3 Å². The zero-order chi connectivity index (χ0) is 24.2. The van der Waals surface area contributed by atoms with E-state index >= 15 is 0 Å². The van der Waals surface area contributed by atoms with Gasteiger partial charge in [-0.2, -0.15) is 5.01 Å². The standard InChI is InChI=1S/C25H31N7O2S/c1-2-34-20-11-18(27)15(12-26)9-19(20)30-23-22-17-4-3-16(10-21(17)35-24(22)29-14-28-23)32(33)31-8-7-25(13-31)5-6-25/h9,11-12,14,16,26,32H,2-8,10,13,27H2,1H3,(H,28,29,30)/p+1. The zero-order valence-corrected chi connectivity index (χ0v) is 20.8. The molecule has 2 unspecified atom stereocenters. The number of nitrogens with zero attached hydrogens (tertiary/aromatic N) is 3. The number of thiophene rings is 1. The maximum Gasteiger partial charge on any atom is 0.169 e. The van der Waals surface area contributed by atoms with Gasteiger partial charge in [-0.05, 0) is 49.7 Å². The van der Waals surface area contributed by atoms with Gasteiger partial charge >= 0.3 is 0 Å². The number of aromatic nitrogens is 2. The Bertz CT molecular complexity index is 1290. The summed E-state index contributed by atoms with van der Waals surface area (Å²) < 4.78 is 5.82. The lowest BCUT2D eigenvalue weighted by atomic mass is 9.93. The van der Waals surface area contributed by atoms with Crippen LogP contribution in [0.3, 0.4) is 0 Å². The number of anilines is 3. The number of hydrogen-bond donors (Lipinski definition) is 4. The van der Waals surface area contributed by atoms with E-state index in [0.717, 1.165) is 59.6 Å². The van der Waals surface area contributed by atoms with Gasteiger partial charge in [-0.3, -0.25) is 10.6 Å². The number of ether oxygens (including phenoxy) is 1. The third-order valence-corrected chi connectivity index (χ3v) is 8.98. The Morgan fingerprint density at radius 3 is 2.97 bits per heavy atom. The van der Waals surface area contributed by atoms with Crippen LogP contribution in [-0.2, 0) is 12.8 Å². The van der Waals surface area contributed by atoms with Crippen LogP contribution in [-0.4, -0.2) is 46.9 Å². The maximum atomic E-state index is 13.3. The first kappa shape index (κ1) is 22.7. The number of nitrogens with one attached hydrogen (secondary N) is 2. The monoisotopic (exact) mass is 494 g/mol. The van der Waals surface area contributed by atoms with Crippen molar-refractivity contribution in [2.75, 3.05) is 30.7 Å². The SMILES string of the molecule is CCOc1cc(N)c(C=[NH2+])cc1Nc1ncnc2sc3c(c12)CCC([NH+]([O-])N1CCC2(CC2)C1)C3. The van der Waals surface area contributed by atoms with Gasteiger partial charge in [-0.25, -0.2) is 9.97 Å². The van der Waals surface area contributed by atoms with E-state index in [1.165, 1.54) is 35.9 Å². The Balaban J connectivity index is 1.29. The number of hydroxylamine groups is 1. The lowest BCUT2D eigenvalue weighted by Gasteiger charge is -2.39. The van der Waals surface area contributed by atoms with Crippen molar-refractivity contribution < 1.29 is 15.3 Å². The van der Waals surface area contributed by atoms with Crippen LogP contribution in [0.4, 0.5) is 17.2 Å². The molecule has 10 heteroatoms. The van der Waals surface area contributed by atoms with Gasteiger partial charge in [0.15, 0.2) is 6.21 Å². The Labute approximate surface area is 208 Å². The molecule has 1 saturated heterocycles. The van der Waals surface area contributed by atoms with E-state index in [0.29, 0.717) is 28.6 Å². The van der Waals surface area contributed by atoms with Gasteiger partial charge in [0.25, 0.3) is 0 Å². The van der Waals surface area contributed by atoms with E-state index in [2.05, 4.69) is 20.3 Å². The lowest BCUT2D eigenvalue weighted by Crippen LogP contribution is -3.17. The maximum absolute atomic E-state index is 13.3. The molecule has 9 nitrogen and oxygen atoms in total. The van der Waals surface area contributed by atoms with Crippen LogP contribution in [0.5, 0.6) is 5.75 Å². The summed E-state index contributed by atoms with van der Waals surface area (Å²) in [4.78, 5) is 11.3. The van der Waals surface area contributed by atoms with Crippen LogP contribution in [0.25, 0.3) is 10.2 Å². The molecule has 3 heterocycles. The third-order valence-electron chi connectivity index (χ3n) is 7.82. The van der Waals surface area contributed by atoms with Crippen molar-refractivity contribution in [1.82, 2.24) is 15.0 Å². The van der Waals surface area contributed by atoms with E-state index in [-0.39, 0.29) is 6.04 Å². The van der Waals surface area contributed by atoms with Gasteiger partial charge in [0, 0.05) is 36.0 Å². The van der Waals surface area contributed by atoms with Crippen molar-refractivity contribution in [3.05, 3.63) is 39.7 Å². The van der Waals surface area contributed by atoms with E-state index in [9.17, 15) is 5.21 Å². The molecule has 2 aromatic heterocycles.